The van der Waals surface area contributed by atoms with E-state index in [9.17, 15) is 14.0 Å². The molecule has 6 nitrogen and oxygen atoms in total. The van der Waals surface area contributed by atoms with Gasteiger partial charge in [-0.05, 0) is 49.4 Å². The first-order chi connectivity index (χ1) is 15.0. The van der Waals surface area contributed by atoms with Crippen LogP contribution in [0.15, 0.2) is 59.5 Å². The van der Waals surface area contributed by atoms with Gasteiger partial charge in [0, 0.05) is 16.8 Å². The number of nitrogens with zero attached hydrogens (tertiary/aromatic N) is 2. The summed E-state index contributed by atoms with van der Waals surface area (Å²) in [6.45, 7) is 2.36. The van der Waals surface area contributed by atoms with Crippen LogP contribution in [0.4, 0.5) is 9.52 Å². The zero-order chi connectivity index (χ0) is 22.0. The smallest absolute Gasteiger partial charge is 0.263 e. The second-order valence-corrected chi connectivity index (χ2v) is 8.03. The van der Waals surface area contributed by atoms with E-state index < -0.39 is 17.3 Å². The molecule has 0 saturated heterocycles. The number of fused-ring (bicyclic) bond motifs is 1. The highest BCUT2D eigenvalue weighted by Gasteiger charge is 2.16. The van der Waals surface area contributed by atoms with Crippen LogP contribution in [-0.4, -0.2) is 22.1 Å². The van der Waals surface area contributed by atoms with Gasteiger partial charge >= 0.3 is 0 Å². The molecule has 9 heteroatoms. The van der Waals surface area contributed by atoms with Crippen molar-refractivity contribution >= 4 is 44.2 Å². The van der Waals surface area contributed by atoms with Crippen LogP contribution in [0.5, 0.6) is 5.75 Å². The number of carbonyl (C=O) groups is 1. The SMILES string of the molecule is CCOc1ccc2nc(NC(=O)c3cccn(Cc4c(F)cccc4Cl)c3=O)sc2c1. The van der Waals surface area contributed by atoms with Crippen LogP contribution in [0.1, 0.15) is 22.8 Å². The quantitative estimate of drug-likeness (QED) is 0.444. The van der Waals surface area contributed by atoms with Crippen molar-refractivity contribution in [3.05, 3.63) is 87.0 Å². The Morgan fingerprint density at radius 2 is 2.10 bits per heavy atom. The number of carbonyl (C=O) groups excluding carboxylic acids is 1. The lowest BCUT2D eigenvalue weighted by Gasteiger charge is -2.10. The summed E-state index contributed by atoms with van der Waals surface area (Å²) in [6.07, 6.45) is 1.48. The van der Waals surface area contributed by atoms with E-state index in [0.717, 1.165) is 4.70 Å². The van der Waals surface area contributed by atoms with E-state index in [1.54, 1.807) is 24.3 Å². The van der Waals surface area contributed by atoms with E-state index in [-0.39, 0.29) is 22.7 Å². The van der Waals surface area contributed by atoms with Crippen molar-refractivity contribution < 1.29 is 13.9 Å². The van der Waals surface area contributed by atoms with Crippen LogP contribution in [0.3, 0.4) is 0 Å². The van der Waals surface area contributed by atoms with Gasteiger partial charge in [-0.2, -0.15) is 0 Å². The zero-order valence-electron chi connectivity index (χ0n) is 16.4. The normalized spacial score (nSPS) is 10.9. The number of nitrogens with one attached hydrogen (secondary N) is 1. The van der Waals surface area contributed by atoms with E-state index in [0.29, 0.717) is 23.0 Å². The number of hydrogen-bond donors (Lipinski definition) is 1. The fourth-order valence-corrected chi connectivity index (χ4v) is 4.18. The maximum absolute atomic E-state index is 14.1. The Morgan fingerprint density at radius 3 is 2.87 bits per heavy atom. The highest BCUT2D eigenvalue weighted by molar-refractivity contribution is 7.22. The molecule has 0 aliphatic rings. The first kappa shape index (κ1) is 21.0. The van der Waals surface area contributed by atoms with E-state index in [2.05, 4.69) is 10.3 Å². The summed E-state index contributed by atoms with van der Waals surface area (Å²) in [7, 11) is 0. The van der Waals surface area contributed by atoms with Crippen LogP contribution in [-0.2, 0) is 6.54 Å². The molecule has 4 rings (SSSR count). The lowest BCUT2D eigenvalue weighted by atomic mass is 10.2. The Hall–Kier alpha value is -3.23. The molecule has 31 heavy (non-hydrogen) atoms. The maximum Gasteiger partial charge on any atom is 0.263 e. The first-order valence-corrected chi connectivity index (χ1v) is 10.6. The van der Waals surface area contributed by atoms with Gasteiger partial charge in [0.2, 0.25) is 0 Å². The molecule has 1 amide bonds. The number of amides is 1. The monoisotopic (exact) mass is 457 g/mol. The number of benzene rings is 2. The molecule has 4 aromatic rings. The summed E-state index contributed by atoms with van der Waals surface area (Å²) in [5.41, 5.74) is 0.256. The van der Waals surface area contributed by atoms with Crippen molar-refractivity contribution in [3.8, 4) is 5.75 Å². The fraction of sp³-hybridized carbons (Fsp3) is 0.136. The lowest BCUT2D eigenvalue weighted by Crippen LogP contribution is -2.29. The summed E-state index contributed by atoms with van der Waals surface area (Å²) in [5, 5.41) is 3.24. The minimum absolute atomic E-state index is 0.0794. The Kier molecular flexibility index (Phi) is 6.01. The molecule has 0 unspecified atom stereocenters. The highest BCUT2D eigenvalue weighted by Crippen LogP contribution is 2.29. The molecule has 0 saturated carbocycles. The average Bonchev–Trinajstić information content (AvgIpc) is 3.13. The van der Waals surface area contributed by atoms with Gasteiger partial charge in [-0.25, -0.2) is 9.37 Å². The third-order valence-corrected chi connectivity index (χ3v) is 5.83. The molecule has 2 aromatic carbocycles. The number of anilines is 1. The number of ether oxygens (including phenoxy) is 1. The first-order valence-electron chi connectivity index (χ1n) is 9.43. The van der Waals surface area contributed by atoms with Crippen LogP contribution >= 0.6 is 22.9 Å². The summed E-state index contributed by atoms with van der Waals surface area (Å²) in [4.78, 5) is 29.9. The van der Waals surface area contributed by atoms with Gasteiger partial charge in [-0.3, -0.25) is 14.9 Å². The summed E-state index contributed by atoms with van der Waals surface area (Å²) >= 11 is 7.34. The topological polar surface area (TPSA) is 73.2 Å². The molecule has 2 aromatic heterocycles. The van der Waals surface area contributed by atoms with Crippen LogP contribution < -0.4 is 15.6 Å². The third kappa shape index (κ3) is 4.45. The molecule has 158 valence electrons. The van der Waals surface area contributed by atoms with Crippen molar-refractivity contribution in [2.45, 2.75) is 13.5 Å². The number of pyridine rings is 1. The summed E-state index contributed by atoms with van der Waals surface area (Å²) in [6, 6.07) is 12.7. The van der Waals surface area contributed by atoms with Gasteiger partial charge in [0.25, 0.3) is 11.5 Å². The minimum Gasteiger partial charge on any atom is -0.494 e. The average molecular weight is 458 g/mol. The van der Waals surface area contributed by atoms with E-state index >= 15 is 0 Å². The fourth-order valence-electron chi connectivity index (χ4n) is 3.07. The van der Waals surface area contributed by atoms with Crippen molar-refractivity contribution in [2.24, 2.45) is 0 Å². The second kappa shape index (κ2) is 8.87. The van der Waals surface area contributed by atoms with Gasteiger partial charge < -0.3 is 9.30 Å². The Balaban J connectivity index is 1.59. The molecule has 0 atom stereocenters. The van der Waals surface area contributed by atoms with Crippen molar-refractivity contribution in [2.75, 3.05) is 11.9 Å². The predicted octanol–water partition coefficient (Wildman–Crippen LogP) is 4.95. The maximum atomic E-state index is 14.1. The molecule has 0 bridgehead atoms. The predicted molar refractivity (Wildman–Crippen MR) is 120 cm³/mol. The molecule has 0 spiro atoms. The van der Waals surface area contributed by atoms with E-state index in [4.69, 9.17) is 16.3 Å². The lowest BCUT2D eigenvalue weighted by molar-refractivity contribution is 0.102. The van der Waals surface area contributed by atoms with Gasteiger partial charge in [-0.15, -0.1) is 0 Å². The number of halogens is 2. The van der Waals surface area contributed by atoms with E-state index in [1.807, 2.05) is 13.0 Å². The van der Waals surface area contributed by atoms with E-state index in [1.165, 1.54) is 40.3 Å². The van der Waals surface area contributed by atoms with Crippen LogP contribution in [0.2, 0.25) is 5.02 Å². The Morgan fingerprint density at radius 1 is 1.26 bits per heavy atom. The summed E-state index contributed by atoms with van der Waals surface area (Å²) < 4.78 is 21.7. The zero-order valence-corrected chi connectivity index (χ0v) is 18.0. The standard InChI is InChI=1S/C22H17ClFN3O3S/c1-2-30-13-8-9-18-19(11-13)31-22(25-18)26-20(28)14-5-4-10-27(21(14)29)12-15-16(23)6-3-7-17(15)24/h3-11H,2,12H2,1H3,(H,25,26,28). The molecule has 1 N–H and O–H groups in total. The number of rotatable bonds is 6. The second-order valence-electron chi connectivity index (χ2n) is 6.59. The molecule has 2 heterocycles. The Labute approximate surface area is 185 Å². The number of hydrogen-bond acceptors (Lipinski definition) is 5. The van der Waals surface area contributed by atoms with Crippen molar-refractivity contribution in [1.29, 1.82) is 0 Å². The van der Waals surface area contributed by atoms with Crippen molar-refractivity contribution in [3.63, 3.8) is 0 Å². The van der Waals surface area contributed by atoms with Crippen LogP contribution in [0, 0.1) is 5.82 Å². The third-order valence-electron chi connectivity index (χ3n) is 4.55. The van der Waals surface area contributed by atoms with Crippen LogP contribution in [0.25, 0.3) is 10.2 Å². The molecule has 0 radical (unpaired) electrons. The van der Waals surface area contributed by atoms with Crippen molar-refractivity contribution in [1.82, 2.24) is 9.55 Å². The Bertz CT molecular complexity index is 1320. The summed E-state index contributed by atoms with van der Waals surface area (Å²) in [5.74, 6) is -0.396. The molecule has 0 aliphatic carbocycles. The molecular formula is C22H17ClFN3O3S. The molecular weight excluding hydrogens is 441 g/mol. The molecule has 0 aliphatic heterocycles. The largest absolute Gasteiger partial charge is 0.494 e. The van der Waals surface area contributed by atoms with Gasteiger partial charge in [0.1, 0.15) is 17.1 Å². The highest BCUT2D eigenvalue weighted by atomic mass is 35.5. The van der Waals surface area contributed by atoms with Gasteiger partial charge in [0.05, 0.1) is 23.4 Å². The van der Waals surface area contributed by atoms with Gasteiger partial charge in [0.15, 0.2) is 5.13 Å². The number of aromatic nitrogens is 2. The number of thiazole rings is 1. The van der Waals surface area contributed by atoms with Gasteiger partial charge in [-0.1, -0.05) is 29.0 Å². The molecule has 0 fully saturated rings. The minimum atomic E-state index is -0.594.